The molecule has 0 aliphatic carbocycles. The topological polar surface area (TPSA) is 79.0 Å². The lowest BCUT2D eigenvalue weighted by molar-refractivity contribution is 0.281. The molecule has 0 N–H and O–H groups in total. The minimum absolute atomic E-state index is 0.215. The van der Waals surface area contributed by atoms with Crippen molar-refractivity contribution in [2.24, 2.45) is 7.05 Å². The Morgan fingerprint density at radius 3 is 2.59 bits per heavy atom. The smallest absolute Gasteiger partial charge is 0.269 e. The quantitative estimate of drug-likeness (QED) is 0.519. The zero-order valence-corrected chi connectivity index (χ0v) is 16.5. The van der Waals surface area contributed by atoms with Crippen LogP contribution < -0.4 is 0 Å². The lowest BCUT2D eigenvalue weighted by Gasteiger charge is -2.07. The molecule has 4 aromatic rings. The third-order valence-electron chi connectivity index (χ3n) is 5.01. The number of nitrogens with zero attached hydrogens (tertiary/aromatic N) is 4. The SMILES string of the molecule is Cn1cc(-c2cn(S(=O)(=O)c3ccccc3)c3ncc(C4=COCC4)cc23)cn1. The molecule has 0 unspecified atom stereocenters. The Labute approximate surface area is 167 Å². The van der Waals surface area contributed by atoms with E-state index in [2.05, 4.69) is 10.1 Å². The number of aromatic nitrogens is 4. The first-order valence-corrected chi connectivity index (χ1v) is 10.6. The Bertz CT molecular complexity index is 1350. The summed E-state index contributed by atoms with van der Waals surface area (Å²) >= 11 is 0. The molecule has 4 heterocycles. The number of ether oxygens (including phenoxy) is 1. The summed E-state index contributed by atoms with van der Waals surface area (Å²) in [5.41, 5.74) is 3.96. The number of benzene rings is 1. The summed E-state index contributed by atoms with van der Waals surface area (Å²) in [6.45, 7) is 0.645. The average molecular weight is 406 g/mol. The van der Waals surface area contributed by atoms with E-state index < -0.39 is 10.0 Å². The minimum atomic E-state index is -3.79. The number of rotatable bonds is 4. The second-order valence-electron chi connectivity index (χ2n) is 6.92. The van der Waals surface area contributed by atoms with Crippen LogP contribution in [0, 0.1) is 0 Å². The van der Waals surface area contributed by atoms with Crippen LogP contribution in [-0.2, 0) is 21.8 Å². The van der Waals surface area contributed by atoms with E-state index in [1.807, 2.05) is 19.3 Å². The predicted octanol–water partition coefficient (Wildman–Crippen LogP) is 3.44. The first kappa shape index (κ1) is 17.7. The standard InChI is InChI=1S/C21H18N4O3S/c1-24-12-17(11-23-24)20-13-25(29(26,27)18-5-3-2-4-6-18)21-19(20)9-16(10-22-21)15-7-8-28-14-15/h2-6,9-14H,7-8H2,1H3. The van der Waals surface area contributed by atoms with Gasteiger partial charge in [-0.2, -0.15) is 5.10 Å². The molecule has 7 nitrogen and oxygen atoms in total. The van der Waals surface area contributed by atoms with Gasteiger partial charge in [0.1, 0.15) is 0 Å². The van der Waals surface area contributed by atoms with E-state index >= 15 is 0 Å². The van der Waals surface area contributed by atoms with Gasteiger partial charge in [0.2, 0.25) is 0 Å². The van der Waals surface area contributed by atoms with Crippen molar-refractivity contribution in [3.05, 3.63) is 73.0 Å². The first-order chi connectivity index (χ1) is 14.0. The van der Waals surface area contributed by atoms with Crippen LogP contribution in [0.15, 0.2) is 72.3 Å². The second-order valence-corrected chi connectivity index (χ2v) is 8.73. The zero-order valence-electron chi connectivity index (χ0n) is 15.7. The van der Waals surface area contributed by atoms with E-state index in [0.717, 1.165) is 34.1 Å². The monoisotopic (exact) mass is 406 g/mol. The second kappa shape index (κ2) is 6.59. The molecular weight excluding hydrogens is 388 g/mol. The normalized spacial score (nSPS) is 14.2. The van der Waals surface area contributed by atoms with Gasteiger partial charge in [-0.15, -0.1) is 0 Å². The first-order valence-electron chi connectivity index (χ1n) is 9.16. The van der Waals surface area contributed by atoms with Crippen LogP contribution in [0.5, 0.6) is 0 Å². The van der Waals surface area contributed by atoms with E-state index in [0.29, 0.717) is 12.3 Å². The molecule has 29 heavy (non-hydrogen) atoms. The van der Waals surface area contributed by atoms with Crippen molar-refractivity contribution in [2.75, 3.05) is 6.61 Å². The highest BCUT2D eigenvalue weighted by Gasteiger charge is 2.24. The summed E-state index contributed by atoms with van der Waals surface area (Å²) in [6, 6.07) is 10.3. The van der Waals surface area contributed by atoms with Gasteiger partial charge in [0.25, 0.3) is 10.0 Å². The molecule has 0 saturated heterocycles. The fourth-order valence-electron chi connectivity index (χ4n) is 3.53. The lowest BCUT2D eigenvalue weighted by Crippen LogP contribution is -2.12. The summed E-state index contributed by atoms with van der Waals surface area (Å²) in [5, 5.41) is 4.99. The zero-order chi connectivity index (χ0) is 20.0. The molecule has 1 aliphatic heterocycles. The van der Waals surface area contributed by atoms with Gasteiger partial charge in [-0.3, -0.25) is 4.68 Å². The van der Waals surface area contributed by atoms with Crippen molar-refractivity contribution in [1.29, 1.82) is 0 Å². The van der Waals surface area contributed by atoms with Crippen LogP contribution in [0.4, 0.5) is 0 Å². The van der Waals surface area contributed by atoms with Gasteiger partial charge in [-0.1, -0.05) is 18.2 Å². The fraction of sp³-hybridized carbons (Fsp3) is 0.143. The van der Waals surface area contributed by atoms with Gasteiger partial charge in [-0.25, -0.2) is 17.4 Å². The van der Waals surface area contributed by atoms with E-state index in [4.69, 9.17) is 4.74 Å². The highest BCUT2D eigenvalue weighted by Crippen LogP contribution is 2.34. The molecule has 3 aromatic heterocycles. The van der Waals surface area contributed by atoms with E-state index in [1.54, 1.807) is 59.9 Å². The fourth-order valence-corrected chi connectivity index (χ4v) is 4.88. The Hall–Kier alpha value is -3.39. The minimum Gasteiger partial charge on any atom is -0.501 e. The van der Waals surface area contributed by atoms with Crippen LogP contribution in [0.1, 0.15) is 12.0 Å². The van der Waals surface area contributed by atoms with Crippen molar-refractivity contribution in [3.8, 4) is 11.1 Å². The summed E-state index contributed by atoms with van der Waals surface area (Å²) in [7, 11) is -1.96. The molecule has 0 radical (unpaired) electrons. The summed E-state index contributed by atoms with van der Waals surface area (Å²) in [5.74, 6) is 0. The molecule has 0 spiro atoms. The molecule has 5 rings (SSSR count). The molecule has 146 valence electrons. The molecule has 1 aromatic carbocycles. The molecule has 0 saturated carbocycles. The molecule has 0 fully saturated rings. The van der Waals surface area contributed by atoms with E-state index in [-0.39, 0.29) is 4.90 Å². The van der Waals surface area contributed by atoms with Gasteiger partial charge in [0, 0.05) is 48.6 Å². The Kier molecular flexibility index (Phi) is 4.02. The van der Waals surface area contributed by atoms with Crippen molar-refractivity contribution in [2.45, 2.75) is 11.3 Å². The van der Waals surface area contributed by atoms with Crippen molar-refractivity contribution in [1.82, 2.24) is 18.7 Å². The van der Waals surface area contributed by atoms with Crippen LogP contribution in [0.2, 0.25) is 0 Å². The Morgan fingerprint density at radius 1 is 1.07 bits per heavy atom. The lowest BCUT2D eigenvalue weighted by atomic mass is 10.0. The number of pyridine rings is 1. The van der Waals surface area contributed by atoms with Crippen molar-refractivity contribution < 1.29 is 13.2 Å². The predicted molar refractivity (Wildman–Crippen MR) is 110 cm³/mol. The van der Waals surface area contributed by atoms with Crippen LogP contribution in [-0.4, -0.2) is 33.8 Å². The highest BCUT2D eigenvalue weighted by atomic mass is 32.2. The van der Waals surface area contributed by atoms with Gasteiger partial charge >= 0.3 is 0 Å². The molecule has 8 heteroatoms. The third kappa shape index (κ3) is 2.92. The van der Waals surface area contributed by atoms with Gasteiger partial charge in [0.15, 0.2) is 5.65 Å². The van der Waals surface area contributed by atoms with E-state index in [1.165, 1.54) is 3.97 Å². The molecular formula is C21H18N4O3S. The van der Waals surface area contributed by atoms with Crippen molar-refractivity contribution >= 4 is 26.6 Å². The third-order valence-corrected chi connectivity index (χ3v) is 6.68. The average Bonchev–Trinajstić information content (AvgIpc) is 3.47. The summed E-state index contributed by atoms with van der Waals surface area (Å²) in [4.78, 5) is 4.75. The number of aryl methyl sites for hydroxylation is 1. The maximum atomic E-state index is 13.3. The van der Waals surface area contributed by atoms with Gasteiger partial charge in [0.05, 0.1) is 24.0 Å². The van der Waals surface area contributed by atoms with Gasteiger partial charge in [-0.05, 0) is 29.3 Å². The molecule has 0 bridgehead atoms. The number of hydrogen-bond donors (Lipinski definition) is 0. The number of fused-ring (bicyclic) bond motifs is 1. The maximum Gasteiger partial charge on any atom is 0.269 e. The van der Waals surface area contributed by atoms with Crippen LogP contribution >= 0.6 is 0 Å². The largest absolute Gasteiger partial charge is 0.501 e. The van der Waals surface area contributed by atoms with Crippen LogP contribution in [0.3, 0.4) is 0 Å². The Morgan fingerprint density at radius 2 is 1.90 bits per heavy atom. The molecule has 1 aliphatic rings. The maximum absolute atomic E-state index is 13.3. The van der Waals surface area contributed by atoms with Crippen LogP contribution in [0.25, 0.3) is 27.7 Å². The number of hydrogen-bond acceptors (Lipinski definition) is 5. The highest BCUT2D eigenvalue weighted by molar-refractivity contribution is 7.90. The van der Waals surface area contributed by atoms with Gasteiger partial charge < -0.3 is 4.74 Å². The summed E-state index contributed by atoms with van der Waals surface area (Å²) < 4.78 is 34.9. The van der Waals surface area contributed by atoms with E-state index in [9.17, 15) is 8.42 Å². The molecule has 0 atom stereocenters. The molecule has 0 amide bonds. The summed E-state index contributed by atoms with van der Waals surface area (Å²) in [6.07, 6.45) is 9.45. The van der Waals surface area contributed by atoms with Crippen molar-refractivity contribution in [3.63, 3.8) is 0 Å². The Balaban J connectivity index is 1.77.